The SMILES string of the molecule is CC1(C)C2OCCC2C1(N)C(=O)NC1CC=CCC1. The van der Waals surface area contributed by atoms with Crippen LogP contribution in [0.5, 0.6) is 0 Å². The Labute approximate surface area is 114 Å². The van der Waals surface area contributed by atoms with Gasteiger partial charge in [0.2, 0.25) is 5.91 Å². The smallest absolute Gasteiger partial charge is 0.241 e. The molecule has 0 aromatic carbocycles. The van der Waals surface area contributed by atoms with Crippen LogP contribution in [-0.2, 0) is 9.53 Å². The molecule has 4 heteroatoms. The third kappa shape index (κ3) is 1.69. The summed E-state index contributed by atoms with van der Waals surface area (Å²) in [5, 5.41) is 3.16. The van der Waals surface area contributed by atoms with Gasteiger partial charge in [-0.15, -0.1) is 0 Å². The van der Waals surface area contributed by atoms with Crippen LogP contribution in [0.2, 0.25) is 0 Å². The third-order valence-electron chi connectivity index (χ3n) is 5.43. The lowest BCUT2D eigenvalue weighted by atomic mass is 9.48. The largest absolute Gasteiger partial charge is 0.377 e. The van der Waals surface area contributed by atoms with Crippen molar-refractivity contribution < 1.29 is 9.53 Å². The van der Waals surface area contributed by atoms with E-state index in [1.165, 1.54) is 0 Å². The van der Waals surface area contributed by atoms with E-state index in [0.717, 1.165) is 32.3 Å². The highest BCUT2D eigenvalue weighted by Crippen LogP contribution is 2.58. The average Bonchev–Trinajstić information content (AvgIpc) is 2.87. The van der Waals surface area contributed by atoms with E-state index in [9.17, 15) is 4.79 Å². The molecule has 106 valence electrons. The molecule has 3 N–H and O–H groups in total. The summed E-state index contributed by atoms with van der Waals surface area (Å²) in [6, 6.07) is 0.245. The fraction of sp³-hybridized carbons (Fsp3) is 0.800. The van der Waals surface area contributed by atoms with Gasteiger partial charge in [-0.1, -0.05) is 26.0 Å². The zero-order valence-electron chi connectivity index (χ0n) is 11.8. The number of ether oxygens (including phenoxy) is 1. The average molecular weight is 264 g/mol. The second-order valence-corrected chi connectivity index (χ2v) is 6.73. The van der Waals surface area contributed by atoms with E-state index in [2.05, 4.69) is 31.3 Å². The van der Waals surface area contributed by atoms with E-state index in [0.29, 0.717) is 0 Å². The number of hydrogen-bond donors (Lipinski definition) is 2. The molecule has 2 aliphatic carbocycles. The van der Waals surface area contributed by atoms with Crippen molar-refractivity contribution in [3.05, 3.63) is 12.2 Å². The summed E-state index contributed by atoms with van der Waals surface area (Å²) in [4.78, 5) is 12.7. The van der Waals surface area contributed by atoms with E-state index < -0.39 is 5.54 Å². The van der Waals surface area contributed by atoms with Crippen molar-refractivity contribution in [3.8, 4) is 0 Å². The van der Waals surface area contributed by atoms with E-state index >= 15 is 0 Å². The van der Waals surface area contributed by atoms with Crippen LogP contribution in [0.3, 0.4) is 0 Å². The molecule has 0 aromatic heterocycles. The minimum absolute atomic E-state index is 0.0181. The predicted molar refractivity (Wildman–Crippen MR) is 73.5 cm³/mol. The second-order valence-electron chi connectivity index (χ2n) is 6.73. The van der Waals surface area contributed by atoms with Crippen molar-refractivity contribution in [3.63, 3.8) is 0 Å². The first-order valence-electron chi connectivity index (χ1n) is 7.34. The van der Waals surface area contributed by atoms with Gasteiger partial charge in [0, 0.05) is 24.0 Å². The molecule has 2 fully saturated rings. The second kappa shape index (κ2) is 4.32. The van der Waals surface area contributed by atoms with Gasteiger partial charge >= 0.3 is 0 Å². The van der Waals surface area contributed by atoms with Gasteiger partial charge in [0.1, 0.15) is 5.54 Å². The van der Waals surface area contributed by atoms with Gasteiger partial charge in [0.05, 0.1) is 6.10 Å². The molecule has 4 atom stereocenters. The zero-order chi connectivity index (χ0) is 13.7. The summed E-state index contributed by atoms with van der Waals surface area (Å²) in [5.41, 5.74) is 5.47. The molecule has 19 heavy (non-hydrogen) atoms. The number of carbonyl (C=O) groups excluding carboxylic acids is 1. The summed E-state index contributed by atoms with van der Waals surface area (Å²) >= 11 is 0. The van der Waals surface area contributed by atoms with Crippen molar-refractivity contribution in [1.82, 2.24) is 5.32 Å². The van der Waals surface area contributed by atoms with Gasteiger partial charge in [-0.3, -0.25) is 4.79 Å². The molecule has 1 aliphatic heterocycles. The molecule has 0 aromatic rings. The minimum atomic E-state index is -0.769. The Morgan fingerprint density at radius 1 is 1.37 bits per heavy atom. The fourth-order valence-corrected chi connectivity index (χ4v) is 4.07. The minimum Gasteiger partial charge on any atom is -0.377 e. The maximum Gasteiger partial charge on any atom is 0.241 e. The number of amides is 1. The van der Waals surface area contributed by atoms with Crippen LogP contribution in [0, 0.1) is 11.3 Å². The highest BCUT2D eigenvalue weighted by Gasteiger charge is 2.71. The van der Waals surface area contributed by atoms with Crippen LogP contribution in [-0.4, -0.2) is 30.2 Å². The fourth-order valence-electron chi connectivity index (χ4n) is 4.07. The number of allylic oxidation sites excluding steroid dienone is 1. The molecule has 0 bridgehead atoms. The van der Waals surface area contributed by atoms with E-state index in [4.69, 9.17) is 10.5 Å². The van der Waals surface area contributed by atoms with Crippen molar-refractivity contribution in [2.75, 3.05) is 6.61 Å². The van der Waals surface area contributed by atoms with Crippen LogP contribution in [0.25, 0.3) is 0 Å². The molecule has 0 spiro atoms. The van der Waals surface area contributed by atoms with E-state index in [1.54, 1.807) is 0 Å². The summed E-state index contributed by atoms with van der Waals surface area (Å²) in [6.07, 6.45) is 8.36. The Hall–Kier alpha value is -0.870. The summed E-state index contributed by atoms with van der Waals surface area (Å²) < 4.78 is 5.73. The Bertz CT molecular complexity index is 418. The van der Waals surface area contributed by atoms with Gasteiger partial charge in [0.25, 0.3) is 0 Å². The summed E-state index contributed by atoms with van der Waals surface area (Å²) in [5.74, 6) is 0.200. The summed E-state index contributed by atoms with van der Waals surface area (Å²) in [7, 11) is 0. The molecular weight excluding hydrogens is 240 g/mol. The lowest BCUT2D eigenvalue weighted by Gasteiger charge is -2.60. The lowest BCUT2D eigenvalue weighted by Crippen LogP contribution is -2.80. The Morgan fingerprint density at radius 2 is 2.16 bits per heavy atom. The molecular formula is C15H24N2O2. The molecule has 0 radical (unpaired) electrons. The normalized spacial score (nSPS) is 43.4. The molecule has 3 rings (SSSR count). The molecule has 1 amide bonds. The molecule has 1 saturated carbocycles. The van der Waals surface area contributed by atoms with Crippen LogP contribution in [0.15, 0.2) is 12.2 Å². The summed E-state index contributed by atoms with van der Waals surface area (Å²) in [6.45, 7) is 4.84. The number of nitrogens with one attached hydrogen (secondary N) is 1. The van der Waals surface area contributed by atoms with E-state index in [-0.39, 0.29) is 29.4 Å². The molecule has 3 aliphatic rings. The molecule has 1 saturated heterocycles. The first kappa shape index (κ1) is 13.1. The van der Waals surface area contributed by atoms with Crippen molar-refractivity contribution >= 4 is 5.91 Å². The Morgan fingerprint density at radius 3 is 2.84 bits per heavy atom. The van der Waals surface area contributed by atoms with Crippen molar-refractivity contribution in [1.29, 1.82) is 0 Å². The van der Waals surface area contributed by atoms with Gasteiger partial charge in [-0.25, -0.2) is 0 Å². The molecule has 1 heterocycles. The standard InChI is InChI=1S/C15H24N2O2/c1-14(2)12-11(8-9-19-12)15(14,16)13(18)17-10-6-4-3-5-7-10/h3-4,10-12H,5-9,16H2,1-2H3,(H,17,18). The highest BCUT2D eigenvalue weighted by molar-refractivity contribution is 5.89. The highest BCUT2D eigenvalue weighted by atomic mass is 16.5. The number of nitrogens with two attached hydrogens (primary N) is 1. The monoisotopic (exact) mass is 264 g/mol. The molecule has 4 unspecified atom stereocenters. The van der Waals surface area contributed by atoms with Crippen LogP contribution in [0.1, 0.15) is 39.5 Å². The maximum absolute atomic E-state index is 12.7. The number of carbonyl (C=O) groups is 1. The van der Waals surface area contributed by atoms with Crippen molar-refractivity contribution in [2.45, 2.75) is 57.2 Å². The maximum atomic E-state index is 12.7. The number of hydrogen-bond acceptors (Lipinski definition) is 3. The molecule has 4 nitrogen and oxygen atoms in total. The number of fused-ring (bicyclic) bond motifs is 1. The van der Waals surface area contributed by atoms with Gasteiger partial charge < -0.3 is 15.8 Å². The van der Waals surface area contributed by atoms with Crippen molar-refractivity contribution in [2.24, 2.45) is 17.1 Å². The Kier molecular flexibility index (Phi) is 2.98. The first-order chi connectivity index (χ1) is 8.98. The van der Waals surface area contributed by atoms with Crippen LogP contribution < -0.4 is 11.1 Å². The number of rotatable bonds is 2. The quantitative estimate of drug-likeness (QED) is 0.740. The van der Waals surface area contributed by atoms with Crippen LogP contribution >= 0.6 is 0 Å². The van der Waals surface area contributed by atoms with Gasteiger partial charge in [-0.2, -0.15) is 0 Å². The Balaban J connectivity index is 1.73. The third-order valence-corrected chi connectivity index (χ3v) is 5.43. The zero-order valence-corrected chi connectivity index (χ0v) is 11.8. The predicted octanol–water partition coefficient (Wildman–Crippen LogP) is 1.35. The van der Waals surface area contributed by atoms with E-state index in [1.807, 2.05) is 0 Å². The van der Waals surface area contributed by atoms with Gasteiger partial charge in [-0.05, 0) is 25.7 Å². The topological polar surface area (TPSA) is 64.3 Å². The van der Waals surface area contributed by atoms with Gasteiger partial charge in [0.15, 0.2) is 0 Å². The van der Waals surface area contributed by atoms with Crippen LogP contribution in [0.4, 0.5) is 0 Å². The lowest BCUT2D eigenvalue weighted by molar-refractivity contribution is -0.176. The first-order valence-corrected chi connectivity index (χ1v) is 7.34.